The lowest BCUT2D eigenvalue weighted by atomic mass is 10.1. The molecule has 0 saturated heterocycles. The summed E-state index contributed by atoms with van der Waals surface area (Å²) in [5.41, 5.74) is 1.89. The van der Waals surface area contributed by atoms with Gasteiger partial charge in [-0.05, 0) is 42.8 Å². The summed E-state index contributed by atoms with van der Waals surface area (Å²) in [5, 5.41) is 2.89. The fourth-order valence-corrected chi connectivity index (χ4v) is 5.17. The van der Waals surface area contributed by atoms with Gasteiger partial charge in [-0.25, -0.2) is 13.4 Å². The van der Waals surface area contributed by atoms with Gasteiger partial charge in [0, 0.05) is 43.3 Å². The minimum atomic E-state index is -3.78. The molecule has 3 rings (SSSR count). The second-order valence-electron chi connectivity index (χ2n) is 6.99. The van der Waals surface area contributed by atoms with Crippen molar-refractivity contribution in [3.63, 3.8) is 0 Å². The van der Waals surface area contributed by atoms with Crippen molar-refractivity contribution in [2.45, 2.75) is 32.2 Å². The van der Waals surface area contributed by atoms with Gasteiger partial charge in [0.1, 0.15) is 10.7 Å². The van der Waals surface area contributed by atoms with Gasteiger partial charge in [-0.3, -0.25) is 4.79 Å². The molecule has 3 aromatic rings. The number of halogens is 1. The van der Waals surface area contributed by atoms with Crippen molar-refractivity contribution in [3.05, 3.63) is 76.8 Å². The van der Waals surface area contributed by atoms with Gasteiger partial charge in [0.25, 0.3) is 5.91 Å². The van der Waals surface area contributed by atoms with Crippen LogP contribution in [0, 0.1) is 6.92 Å². The Morgan fingerprint density at radius 1 is 1.13 bits per heavy atom. The Balaban J connectivity index is 1.77. The summed E-state index contributed by atoms with van der Waals surface area (Å²) in [7, 11) is -3.78. The van der Waals surface area contributed by atoms with Gasteiger partial charge in [-0.1, -0.05) is 37.6 Å². The molecule has 0 spiro atoms. The molecule has 0 atom stereocenters. The molecule has 7 nitrogen and oxygen atoms in total. The number of aryl methyl sites for hydroxylation is 1. The molecule has 9 heteroatoms. The molecule has 0 aliphatic rings. The van der Waals surface area contributed by atoms with Crippen LogP contribution in [0.15, 0.2) is 59.8 Å². The van der Waals surface area contributed by atoms with E-state index in [-0.39, 0.29) is 15.5 Å². The minimum absolute atomic E-state index is 0.0726. The number of sulfonamides is 1. The number of carbonyl (C=O) groups excluding carboxylic acids is 1. The largest absolute Gasteiger partial charge is 0.331 e. The second-order valence-corrected chi connectivity index (χ2v) is 9.30. The van der Waals surface area contributed by atoms with Crippen LogP contribution in [0.25, 0.3) is 0 Å². The number of hydrogen-bond donors (Lipinski definition) is 1. The van der Waals surface area contributed by atoms with Crippen LogP contribution in [0.4, 0.5) is 5.69 Å². The third kappa shape index (κ3) is 5.15. The Bertz CT molecular complexity index is 1170. The number of rotatable bonds is 8. The number of hydrogen-bond acceptors (Lipinski definition) is 4. The van der Waals surface area contributed by atoms with E-state index in [4.69, 9.17) is 11.6 Å². The normalized spacial score (nSPS) is 11.6. The molecule has 31 heavy (non-hydrogen) atoms. The van der Waals surface area contributed by atoms with Crippen LogP contribution in [-0.2, 0) is 16.6 Å². The number of anilines is 1. The van der Waals surface area contributed by atoms with E-state index in [0.717, 1.165) is 11.4 Å². The van der Waals surface area contributed by atoms with E-state index >= 15 is 0 Å². The second kappa shape index (κ2) is 9.64. The maximum absolute atomic E-state index is 12.8. The van der Waals surface area contributed by atoms with Crippen molar-refractivity contribution >= 4 is 33.2 Å². The molecule has 0 unspecified atom stereocenters. The summed E-state index contributed by atoms with van der Waals surface area (Å²) in [6.45, 7) is 6.76. The Hall–Kier alpha value is -2.68. The van der Waals surface area contributed by atoms with Crippen molar-refractivity contribution in [1.82, 2.24) is 13.9 Å². The predicted octanol–water partition coefficient (Wildman–Crippen LogP) is 4.18. The highest BCUT2D eigenvalue weighted by molar-refractivity contribution is 7.89. The Morgan fingerprint density at radius 3 is 2.39 bits per heavy atom. The highest BCUT2D eigenvalue weighted by atomic mass is 35.5. The molecule has 0 fully saturated rings. The van der Waals surface area contributed by atoms with Crippen LogP contribution >= 0.6 is 11.6 Å². The fourth-order valence-electron chi connectivity index (χ4n) is 3.21. The zero-order valence-electron chi connectivity index (χ0n) is 17.7. The first kappa shape index (κ1) is 23.0. The molecule has 164 valence electrons. The quantitative estimate of drug-likeness (QED) is 0.546. The lowest BCUT2D eigenvalue weighted by Gasteiger charge is -2.19. The molecule has 0 aliphatic carbocycles. The van der Waals surface area contributed by atoms with Crippen LogP contribution in [0.2, 0.25) is 5.02 Å². The van der Waals surface area contributed by atoms with E-state index in [1.54, 1.807) is 20.0 Å². The van der Waals surface area contributed by atoms with Crippen LogP contribution < -0.4 is 5.32 Å². The van der Waals surface area contributed by atoms with E-state index in [9.17, 15) is 13.2 Å². The fraction of sp³-hybridized carbons (Fsp3) is 0.273. The van der Waals surface area contributed by atoms with Gasteiger partial charge >= 0.3 is 0 Å². The van der Waals surface area contributed by atoms with E-state index in [1.165, 1.54) is 22.5 Å². The molecule has 1 N–H and O–H groups in total. The SMILES string of the molecule is CCN(CC)S(=O)(=O)c1cc(C(=O)Nc2ccc(Cn3ccnc3C)cc2)ccc1Cl. The van der Waals surface area contributed by atoms with E-state index in [1.807, 2.05) is 42.0 Å². The average Bonchev–Trinajstić information content (AvgIpc) is 3.14. The third-order valence-corrected chi connectivity index (χ3v) is 7.54. The first-order valence-corrected chi connectivity index (χ1v) is 11.8. The van der Waals surface area contributed by atoms with Crippen molar-refractivity contribution in [2.75, 3.05) is 18.4 Å². The number of nitrogens with one attached hydrogen (secondary N) is 1. The molecule has 1 aromatic heterocycles. The minimum Gasteiger partial charge on any atom is -0.331 e. The van der Waals surface area contributed by atoms with Crippen LogP contribution in [-0.4, -0.2) is 41.3 Å². The van der Waals surface area contributed by atoms with Gasteiger partial charge < -0.3 is 9.88 Å². The van der Waals surface area contributed by atoms with E-state index in [0.29, 0.717) is 25.3 Å². The topological polar surface area (TPSA) is 84.3 Å². The molecule has 2 aromatic carbocycles. The Kier molecular flexibility index (Phi) is 7.15. The maximum atomic E-state index is 12.8. The van der Waals surface area contributed by atoms with Crippen LogP contribution in [0.5, 0.6) is 0 Å². The monoisotopic (exact) mass is 460 g/mol. The Morgan fingerprint density at radius 2 is 1.81 bits per heavy atom. The predicted molar refractivity (Wildman–Crippen MR) is 122 cm³/mol. The summed E-state index contributed by atoms with van der Waals surface area (Å²) in [4.78, 5) is 16.9. The number of carbonyl (C=O) groups is 1. The molecule has 0 saturated carbocycles. The standard InChI is InChI=1S/C22H25ClN4O3S/c1-4-27(5-2)31(29,30)21-14-18(8-11-20(21)23)22(28)25-19-9-6-17(7-10-19)15-26-13-12-24-16(26)3/h6-14H,4-5,15H2,1-3H3,(H,25,28). The van der Waals surface area contributed by atoms with Crippen molar-refractivity contribution in [1.29, 1.82) is 0 Å². The average molecular weight is 461 g/mol. The highest BCUT2D eigenvalue weighted by Gasteiger charge is 2.25. The summed E-state index contributed by atoms with van der Waals surface area (Å²) >= 11 is 6.15. The third-order valence-electron chi connectivity index (χ3n) is 5.00. The smallest absolute Gasteiger partial charge is 0.255 e. The number of imidazole rings is 1. The zero-order chi connectivity index (χ0) is 22.6. The van der Waals surface area contributed by atoms with Crippen molar-refractivity contribution in [2.24, 2.45) is 0 Å². The van der Waals surface area contributed by atoms with Crippen LogP contribution in [0.1, 0.15) is 35.6 Å². The molecular formula is C22H25ClN4O3S. The van der Waals surface area contributed by atoms with E-state index in [2.05, 4.69) is 10.3 Å². The van der Waals surface area contributed by atoms with Crippen molar-refractivity contribution < 1.29 is 13.2 Å². The highest BCUT2D eigenvalue weighted by Crippen LogP contribution is 2.26. The number of benzene rings is 2. The number of nitrogens with zero attached hydrogens (tertiary/aromatic N) is 3. The first-order valence-electron chi connectivity index (χ1n) is 9.94. The lowest BCUT2D eigenvalue weighted by molar-refractivity contribution is 0.102. The van der Waals surface area contributed by atoms with Crippen molar-refractivity contribution in [3.8, 4) is 0 Å². The Labute approximate surface area is 187 Å². The zero-order valence-corrected chi connectivity index (χ0v) is 19.2. The summed E-state index contributed by atoms with van der Waals surface area (Å²) in [6.07, 6.45) is 3.67. The number of amides is 1. The van der Waals surface area contributed by atoms with E-state index < -0.39 is 15.9 Å². The summed E-state index contributed by atoms with van der Waals surface area (Å²) < 4.78 is 29.0. The summed E-state index contributed by atoms with van der Waals surface area (Å²) in [6, 6.07) is 11.7. The molecule has 1 heterocycles. The van der Waals surface area contributed by atoms with Gasteiger partial charge in [0.2, 0.25) is 10.0 Å². The molecule has 0 bridgehead atoms. The maximum Gasteiger partial charge on any atom is 0.255 e. The van der Waals surface area contributed by atoms with Gasteiger partial charge in [-0.2, -0.15) is 4.31 Å². The number of aromatic nitrogens is 2. The molecular weight excluding hydrogens is 436 g/mol. The molecule has 0 aliphatic heterocycles. The summed E-state index contributed by atoms with van der Waals surface area (Å²) in [5.74, 6) is 0.515. The molecule has 1 amide bonds. The van der Waals surface area contributed by atoms with Gasteiger partial charge in [-0.15, -0.1) is 0 Å². The molecule has 0 radical (unpaired) electrons. The van der Waals surface area contributed by atoms with Gasteiger partial charge in [0.15, 0.2) is 0 Å². The lowest BCUT2D eigenvalue weighted by Crippen LogP contribution is -2.31. The first-order chi connectivity index (χ1) is 14.8. The van der Waals surface area contributed by atoms with Gasteiger partial charge in [0.05, 0.1) is 5.02 Å². The van der Waals surface area contributed by atoms with Crippen LogP contribution in [0.3, 0.4) is 0 Å².